The summed E-state index contributed by atoms with van der Waals surface area (Å²) in [6.07, 6.45) is 4.16. The molecule has 0 saturated carbocycles. The molecule has 0 spiro atoms. The zero-order valence-electron chi connectivity index (χ0n) is 12.5. The minimum absolute atomic E-state index is 0.553. The fraction of sp³-hybridized carbons (Fsp3) is 0.412. The predicted molar refractivity (Wildman–Crippen MR) is 87.3 cm³/mol. The van der Waals surface area contributed by atoms with Gasteiger partial charge in [-0.05, 0) is 37.3 Å². The number of nitrogens with zero attached hydrogens (tertiary/aromatic N) is 2. The van der Waals surface area contributed by atoms with Crippen LogP contribution in [0.5, 0.6) is 0 Å². The maximum absolute atomic E-state index is 10.5. The Kier molecular flexibility index (Phi) is 4.42. The predicted octanol–water partition coefficient (Wildman–Crippen LogP) is 3.11. The van der Waals surface area contributed by atoms with Crippen LogP contribution >= 0.6 is 0 Å². The number of carbonyl (C=O) groups is 1. The normalized spacial score (nSPS) is 15.9. The Morgan fingerprint density at radius 3 is 2.86 bits per heavy atom. The molecule has 0 unspecified atom stereocenters. The summed E-state index contributed by atoms with van der Waals surface area (Å²) in [5.74, 6) is 0.608. The average Bonchev–Trinajstić information content (AvgIpc) is 2.55. The van der Waals surface area contributed by atoms with Gasteiger partial charge >= 0.3 is 6.09 Å². The second-order valence-corrected chi connectivity index (χ2v) is 5.84. The van der Waals surface area contributed by atoms with Crippen molar-refractivity contribution in [3.05, 3.63) is 36.5 Å². The van der Waals surface area contributed by atoms with Crippen LogP contribution in [0.15, 0.2) is 36.5 Å². The van der Waals surface area contributed by atoms with E-state index >= 15 is 0 Å². The highest BCUT2D eigenvalue weighted by Gasteiger charge is 2.19. The number of aromatic nitrogens is 1. The summed E-state index contributed by atoms with van der Waals surface area (Å²) in [7, 11) is 0. The van der Waals surface area contributed by atoms with Crippen molar-refractivity contribution >= 4 is 22.7 Å². The molecular weight excluding hydrogens is 278 g/mol. The minimum atomic E-state index is -0.931. The molecule has 22 heavy (non-hydrogen) atoms. The standard InChI is InChI=1S/C17H21N3O2/c21-17(22)18-8-5-13-6-9-20(10-7-13)15-11-14-3-1-2-4-16(14)19-12-15/h1-4,11-13,18H,5-10H2,(H,21,22). The van der Waals surface area contributed by atoms with Gasteiger partial charge in [-0.25, -0.2) is 4.79 Å². The summed E-state index contributed by atoms with van der Waals surface area (Å²) in [6.45, 7) is 2.58. The topological polar surface area (TPSA) is 65.5 Å². The second kappa shape index (κ2) is 6.64. The van der Waals surface area contributed by atoms with Crippen molar-refractivity contribution in [3.63, 3.8) is 0 Å². The Labute approximate surface area is 130 Å². The number of nitrogens with one attached hydrogen (secondary N) is 1. The van der Waals surface area contributed by atoms with E-state index in [0.717, 1.165) is 37.9 Å². The van der Waals surface area contributed by atoms with Crippen LogP contribution in [0.1, 0.15) is 19.3 Å². The number of hydrogen-bond donors (Lipinski definition) is 2. The first-order chi connectivity index (χ1) is 10.7. The minimum Gasteiger partial charge on any atom is -0.465 e. The number of benzene rings is 1. The van der Waals surface area contributed by atoms with E-state index in [-0.39, 0.29) is 0 Å². The van der Waals surface area contributed by atoms with Crippen molar-refractivity contribution in [1.82, 2.24) is 10.3 Å². The zero-order chi connectivity index (χ0) is 15.4. The first-order valence-electron chi connectivity index (χ1n) is 7.79. The number of piperidine rings is 1. The maximum atomic E-state index is 10.5. The summed E-state index contributed by atoms with van der Waals surface area (Å²) >= 11 is 0. The molecule has 1 fully saturated rings. The molecule has 1 aromatic carbocycles. The molecule has 1 aromatic heterocycles. The molecule has 0 atom stereocenters. The van der Waals surface area contributed by atoms with E-state index in [2.05, 4.69) is 27.3 Å². The number of hydrogen-bond acceptors (Lipinski definition) is 3. The first-order valence-corrected chi connectivity index (χ1v) is 7.79. The Morgan fingerprint density at radius 1 is 1.32 bits per heavy atom. The lowest BCUT2D eigenvalue weighted by Gasteiger charge is -2.33. The highest BCUT2D eigenvalue weighted by atomic mass is 16.4. The summed E-state index contributed by atoms with van der Waals surface area (Å²) in [5.41, 5.74) is 2.21. The van der Waals surface area contributed by atoms with Crippen LogP contribution in [0.25, 0.3) is 10.9 Å². The average molecular weight is 299 g/mol. The summed E-state index contributed by atoms with van der Waals surface area (Å²) < 4.78 is 0. The quantitative estimate of drug-likeness (QED) is 0.910. The SMILES string of the molecule is O=C(O)NCCC1CCN(c2cnc3ccccc3c2)CC1. The van der Waals surface area contributed by atoms with Gasteiger partial charge in [0.25, 0.3) is 0 Å². The van der Waals surface area contributed by atoms with Crippen molar-refractivity contribution in [1.29, 1.82) is 0 Å². The van der Waals surface area contributed by atoms with E-state index in [9.17, 15) is 4.79 Å². The van der Waals surface area contributed by atoms with Gasteiger partial charge in [-0.3, -0.25) is 4.98 Å². The van der Waals surface area contributed by atoms with E-state index in [1.165, 1.54) is 11.1 Å². The molecule has 1 saturated heterocycles. The smallest absolute Gasteiger partial charge is 0.404 e. The van der Waals surface area contributed by atoms with Crippen molar-refractivity contribution in [2.75, 3.05) is 24.5 Å². The van der Waals surface area contributed by atoms with Crippen LogP contribution in [0.4, 0.5) is 10.5 Å². The monoisotopic (exact) mass is 299 g/mol. The van der Waals surface area contributed by atoms with Gasteiger partial charge < -0.3 is 15.3 Å². The van der Waals surface area contributed by atoms with Crippen LogP contribution in [-0.4, -0.2) is 35.8 Å². The molecule has 5 heteroatoms. The van der Waals surface area contributed by atoms with E-state index in [1.807, 2.05) is 24.4 Å². The summed E-state index contributed by atoms with van der Waals surface area (Å²) in [5, 5.41) is 12.2. The van der Waals surface area contributed by atoms with Crippen molar-refractivity contribution < 1.29 is 9.90 Å². The molecular formula is C17H21N3O2. The van der Waals surface area contributed by atoms with Crippen LogP contribution in [-0.2, 0) is 0 Å². The Morgan fingerprint density at radius 2 is 2.09 bits per heavy atom. The van der Waals surface area contributed by atoms with E-state index in [4.69, 9.17) is 5.11 Å². The molecule has 1 aliphatic heterocycles. The fourth-order valence-corrected chi connectivity index (χ4v) is 3.10. The lowest BCUT2D eigenvalue weighted by Crippen LogP contribution is -2.35. The third kappa shape index (κ3) is 3.47. The van der Waals surface area contributed by atoms with Crippen molar-refractivity contribution in [3.8, 4) is 0 Å². The van der Waals surface area contributed by atoms with Gasteiger partial charge in [-0.15, -0.1) is 0 Å². The molecule has 2 heterocycles. The van der Waals surface area contributed by atoms with E-state index < -0.39 is 6.09 Å². The molecule has 0 aliphatic carbocycles. The van der Waals surface area contributed by atoms with Crippen LogP contribution in [0, 0.1) is 5.92 Å². The van der Waals surface area contributed by atoms with E-state index in [0.29, 0.717) is 12.5 Å². The highest BCUT2D eigenvalue weighted by molar-refractivity contribution is 5.81. The van der Waals surface area contributed by atoms with Crippen molar-refractivity contribution in [2.24, 2.45) is 5.92 Å². The molecule has 0 bridgehead atoms. The largest absolute Gasteiger partial charge is 0.465 e. The molecule has 116 valence electrons. The number of pyridine rings is 1. The molecule has 2 aromatic rings. The van der Waals surface area contributed by atoms with Gasteiger partial charge in [0.05, 0.1) is 17.4 Å². The van der Waals surface area contributed by atoms with Crippen LogP contribution in [0.3, 0.4) is 0 Å². The van der Waals surface area contributed by atoms with Gasteiger partial charge in [-0.2, -0.15) is 0 Å². The van der Waals surface area contributed by atoms with Crippen LogP contribution in [0.2, 0.25) is 0 Å². The number of carboxylic acid groups (broad SMARTS) is 1. The molecule has 3 rings (SSSR count). The number of para-hydroxylation sites is 1. The van der Waals surface area contributed by atoms with E-state index in [1.54, 1.807) is 0 Å². The van der Waals surface area contributed by atoms with Gasteiger partial charge in [0, 0.05) is 25.0 Å². The molecule has 1 amide bonds. The molecule has 1 aliphatic rings. The fourth-order valence-electron chi connectivity index (χ4n) is 3.10. The molecule has 5 nitrogen and oxygen atoms in total. The third-order valence-corrected chi connectivity index (χ3v) is 4.38. The summed E-state index contributed by atoms with van der Waals surface area (Å²) in [6, 6.07) is 10.4. The Bertz CT molecular complexity index is 651. The first kappa shape index (κ1) is 14.6. The number of amides is 1. The number of rotatable bonds is 4. The lowest BCUT2D eigenvalue weighted by atomic mass is 9.93. The number of fused-ring (bicyclic) bond motifs is 1. The van der Waals surface area contributed by atoms with Gasteiger partial charge in [0.15, 0.2) is 0 Å². The van der Waals surface area contributed by atoms with Crippen molar-refractivity contribution in [2.45, 2.75) is 19.3 Å². The zero-order valence-corrected chi connectivity index (χ0v) is 12.5. The number of anilines is 1. The third-order valence-electron chi connectivity index (χ3n) is 4.38. The van der Waals surface area contributed by atoms with Gasteiger partial charge in [0.1, 0.15) is 0 Å². The summed E-state index contributed by atoms with van der Waals surface area (Å²) in [4.78, 5) is 17.4. The van der Waals surface area contributed by atoms with Gasteiger partial charge in [-0.1, -0.05) is 18.2 Å². The molecule has 0 radical (unpaired) electrons. The lowest BCUT2D eigenvalue weighted by molar-refractivity contribution is 0.193. The highest BCUT2D eigenvalue weighted by Crippen LogP contribution is 2.26. The second-order valence-electron chi connectivity index (χ2n) is 5.84. The van der Waals surface area contributed by atoms with Crippen LogP contribution < -0.4 is 10.2 Å². The van der Waals surface area contributed by atoms with Gasteiger partial charge in [0.2, 0.25) is 0 Å². The Balaban J connectivity index is 1.57. The molecule has 2 N–H and O–H groups in total. The Hall–Kier alpha value is -2.30. The maximum Gasteiger partial charge on any atom is 0.404 e.